The van der Waals surface area contributed by atoms with Gasteiger partial charge in [-0.3, -0.25) is 0 Å². The Kier molecular flexibility index (Phi) is 14.7. The standard InChI is InChI=1S/C34H54N2O/c1-3-5-7-9-11-13-15-17-31-26-35-34(36-27-31)32-22-18-30(19-23-32)28-37-33-24-20-29(21-25-33)16-14-12-10-8-6-4-2/h20-21,24-27,30,32H,3-19,22-23,28H2,1-2H3/t30-,32-. The number of ether oxygens (including phenoxy) is 1. The number of aromatic nitrogens is 2. The van der Waals surface area contributed by atoms with E-state index in [0.717, 1.165) is 24.6 Å². The minimum atomic E-state index is 0.519. The van der Waals surface area contributed by atoms with Gasteiger partial charge in [0.05, 0.1) is 6.61 Å². The molecule has 0 aliphatic heterocycles. The van der Waals surface area contributed by atoms with Gasteiger partial charge in [-0.05, 0) is 80.5 Å². The molecule has 0 radical (unpaired) electrons. The highest BCUT2D eigenvalue weighted by atomic mass is 16.5. The summed E-state index contributed by atoms with van der Waals surface area (Å²) in [5, 5.41) is 0. The van der Waals surface area contributed by atoms with Gasteiger partial charge in [0.15, 0.2) is 0 Å². The van der Waals surface area contributed by atoms with Crippen molar-refractivity contribution in [2.45, 2.75) is 142 Å². The van der Waals surface area contributed by atoms with Crippen LogP contribution in [-0.4, -0.2) is 16.6 Å². The molecular formula is C34H54N2O. The molecule has 1 aliphatic carbocycles. The Labute approximate surface area is 228 Å². The number of nitrogens with zero attached hydrogens (tertiary/aromatic N) is 2. The van der Waals surface area contributed by atoms with Gasteiger partial charge < -0.3 is 4.74 Å². The third-order valence-corrected chi connectivity index (χ3v) is 8.23. The molecule has 1 aromatic carbocycles. The van der Waals surface area contributed by atoms with E-state index >= 15 is 0 Å². The molecule has 1 fully saturated rings. The van der Waals surface area contributed by atoms with Crippen LogP contribution in [0.25, 0.3) is 0 Å². The topological polar surface area (TPSA) is 35.0 Å². The average Bonchev–Trinajstić information content (AvgIpc) is 2.94. The van der Waals surface area contributed by atoms with Crippen LogP contribution in [0.4, 0.5) is 0 Å². The Hall–Kier alpha value is -1.90. The zero-order chi connectivity index (χ0) is 26.0. The van der Waals surface area contributed by atoms with Crippen LogP contribution in [0.3, 0.4) is 0 Å². The predicted octanol–water partition coefficient (Wildman–Crippen LogP) is 10.0. The van der Waals surface area contributed by atoms with Gasteiger partial charge in [0, 0.05) is 18.3 Å². The fraction of sp³-hybridized carbons (Fsp3) is 0.706. The molecule has 3 heteroatoms. The van der Waals surface area contributed by atoms with E-state index < -0.39 is 0 Å². The van der Waals surface area contributed by atoms with E-state index in [1.807, 2.05) is 0 Å². The van der Waals surface area contributed by atoms with Crippen LogP contribution < -0.4 is 4.74 Å². The summed E-state index contributed by atoms with van der Waals surface area (Å²) in [5.41, 5.74) is 2.74. The maximum Gasteiger partial charge on any atom is 0.131 e. The van der Waals surface area contributed by atoms with Crippen LogP contribution in [0.15, 0.2) is 36.7 Å². The van der Waals surface area contributed by atoms with Crippen molar-refractivity contribution in [1.82, 2.24) is 9.97 Å². The maximum atomic E-state index is 6.17. The first-order valence-electron chi connectivity index (χ1n) is 15.8. The van der Waals surface area contributed by atoms with Crippen molar-refractivity contribution in [3.8, 4) is 5.75 Å². The van der Waals surface area contributed by atoms with Crippen molar-refractivity contribution < 1.29 is 4.74 Å². The van der Waals surface area contributed by atoms with Crippen LogP contribution >= 0.6 is 0 Å². The van der Waals surface area contributed by atoms with Gasteiger partial charge in [-0.15, -0.1) is 0 Å². The molecular weight excluding hydrogens is 452 g/mol. The lowest BCUT2D eigenvalue weighted by Crippen LogP contribution is -2.20. The van der Waals surface area contributed by atoms with Crippen molar-refractivity contribution in [3.63, 3.8) is 0 Å². The Morgan fingerprint density at radius 1 is 0.622 bits per heavy atom. The predicted molar refractivity (Wildman–Crippen MR) is 157 cm³/mol. The van der Waals surface area contributed by atoms with Crippen molar-refractivity contribution in [3.05, 3.63) is 53.6 Å². The fourth-order valence-corrected chi connectivity index (χ4v) is 5.65. The third-order valence-electron chi connectivity index (χ3n) is 8.23. The Balaban J connectivity index is 1.27. The van der Waals surface area contributed by atoms with Gasteiger partial charge in [-0.2, -0.15) is 0 Å². The summed E-state index contributed by atoms with van der Waals surface area (Å²) in [4.78, 5) is 9.53. The third kappa shape index (κ3) is 12.0. The lowest BCUT2D eigenvalue weighted by atomic mass is 9.82. The zero-order valence-electron chi connectivity index (χ0n) is 24.1. The summed E-state index contributed by atoms with van der Waals surface area (Å²) in [6.45, 7) is 5.39. The van der Waals surface area contributed by atoms with Gasteiger partial charge in [0.25, 0.3) is 0 Å². The largest absolute Gasteiger partial charge is 0.493 e. The summed E-state index contributed by atoms with van der Waals surface area (Å²) >= 11 is 0. The molecule has 1 aromatic heterocycles. The molecule has 3 nitrogen and oxygen atoms in total. The van der Waals surface area contributed by atoms with Gasteiger partial charge in [0.1, 0.15) is 11.6 Å². The number of unbranched alkanes of at least 4 members (excludes halogenated alkanes) is 11. The highest BCUT2D eigenvalue weighted by Gasteiger charge is 2.24. The number of aryl methyl sites for hydroxylation is 2. The fourth-order valence-electron chi connectivity index (χ4n) is 5.65. The molecule has 3 rings (SSSR count). The van der Waals surface area contributed by atoms with Crippen LogP contribution in [0.1, 0.15) is 146 Å². The zero-order valence-corrected chi connectivity index (χ0v) is 24.1. The van der Waals surface area contributed by atoms with Crippen molar-refractivity contribution >= 4 is 0 Å². The van der Waals surface area contributed by atoms with Crippen LogP contribution in [0.5, 0.6) is 5.75 Å². The highest BCUT2D eigenvalue weighted by Crippen LogP contribution is 2.34. The normalized spacial score (nSPS) is 17.7. The second kappa shape index (κ2) is 18.4. The second-order valence-electron chi connectivity index (χ2n) is 11.5. The molecule has 0 N–H and O–H groups in total. The molecule has 1 aliphatic rings. The smallest absolute Gasteiger partial charge is 0.131 e. The quantitative estimate of drug-likeness (QED) is 0.178. The summed E-state index contributed by atoms with van der Waals surface area (Å²) in [7, 11) is 0. The Bertz CT molecular complexity index is 809. The van der Waals surface area contributed by atoms with E-state index in [0.29, 0.717) is 11.8 Å². The molecule has 0 spiro atoms. The highest BCUT2D eigenvalue weighted by molar-refractivity contribution is 5.27. The summed E-state index contributed by atoms with van der Waals surface area (Å²) in [6, 6.07) is 8.85. The van der Waals surface area contributed by atoms with E-state index in [4.69, 9.17) is 14.7 Å². The first-order chi connectivity index (χ1) is 18.3. The molecule has 2 aromatic rings. The number of benzene rings is 1. The molecule has 37 heavy (non-hydrogen) atoms. The minimum Gasteiger partial charge on any atom is -0.493 e. The van der Waals surface area contributed by atoms with Crippen molar-refractivity contribution in [2.24, 2.45) is 5.92 Å². The molecule has 0 saturated heterocycles. The van der Waals surface area contributed by atoms with E-state index in [1.165, 1.54) is 127 Å². The molecule has 0 bridgehead atoms. The summed E-state index contributed by atoms with van der Waals surface area (Å²) in [6.07, 6.45) is 28.9. The maximum absolute atomic E-state index is 6.17. The monoisotopic (exact) mass is 506 g/mol. The van der Waals surface area contributed by atoms with Crippen LogP contribution in [-0.2, 0) is 12.8 Å². The van der Waals surface area contributed by atoms with Crippen LogP contribution in [0, 0.1) is 5.92 Å². The SMILES string of the molecule is CCCCCCCCCc1cnc([C@H]2CC[C@H](COc3ccc(CCCCCCCC)cc3)CC2)nc1. The molecule has 1 saturated carbocycles. The van der Waals surface area contributed by atoms with E-state index in [9.17, 15) is 0 Å². The number of rotatable bonds is 19. The molecule has 0 atom stereocenters. The van der Waals surface area contributed by atoms with Crippen molar-refractivity contribution in [1.29, 1.82) is 0 Å². The first-order valence-corrected chi connectivity index (χ1v) is 15.8. The lowest BCUT2D eigenvalue weighted by molar-refractivity contribution is 0.198. The number of hydrogen-bond donors (Lipinski definition) is 0. The summed E-state index contributed by atoms with van der Waals surface area (Å²) in [5.74, 6) is 3.25. The molecule has 1 heterocycles. The van der Waals surface area contributed by atoms with Crippen LogP contribution in [0.2, 0.25) is 0 Å². The van der Waals surface area contributed by atoms with Crippen molar-refractivity contribution in [2.75, 3.05) is 6.61 Å². The lowest BCUT2D eigenvalue weighted by Gasteiger charge is -2.27. The van der Waals surface area contributed by atoms with Gasteiger partial charge in [-0.1, -0.05) is 96.6 Å². The minimum absolute atomic E-state index is 0.519. The second-order valence-corrected chi connectivity index (χ2v) is 11.5. The molecule has 0 amide bonds. The number of hydrogen-bond acceptors (Lipinski definition) is 3. The molecule has 0 unspecified atom stereocenters. The van der Waals surface area contributed by atoms with E-state index in [2.05, 4.69) is 50.5 Å². The van der Waals surface area contributed by atoms with E-state index in [1.54, 1.807) is 0 Å². The molecule has 206 valence electrons. The average molecular weight is 507 g/mol. The van der Waals surface area contributed by atoms with E-state index in [-0.39, 0.29) is 0 Å². The van der Waals surface area contributed by atoms with Gasteiger partial charge in [-0.25, -0.2) is 9.97 Å². The Morgan fingerprint density at radius 3 is 1.70 bits per heavy atom. The first kappa shape index (κ1) is 29.7. The van der Waals surface area contributed by atoms with Gasteiger partial charge in [0.2, 0.25) is 0 Å². The summed E-state index contributed by atoms with van der Waals surface area (Å²) < 4.78 is 6.17. The Morgan fingerprint density at radius 2 is 1.14 bits per heavy atom. The van der Waals surface area contributed by atoms with Gasteiger partial charge >= 0.3 is 0 Å².